The molecule has 3 N–H and O–H groups in total. The first kappa shape index (κ1) is 33.7. The van der Waals surface area contributed by atoms with Crippen molar-refractivity contribution in [1.82, 2.24) is 20.2 Å². The van der Waals surface area contributed by atoms with Gasteiger partial charge >= 0.3 is 6.03 Å². The largest absolute Gasteiger partial charge is 0.392 e. The number of nitrogens with zero attached hydrogens (tertiary/aromatic N) is 2. The first-order valence-electron chi connectivity index (χ1n) is 17.9. The molecule has 1 aliphatic heterocycles. The van der Waals surface area contributed by atoms with E-state index in [1.54, 1.807) is 10.9 Å². The smallest absolute Gasteiger partial charge is 0.315 e. The maximum Gasteiger partial charge on any atom is 0.315 e. The van der Waals surface area contributed by atoms with E-state index in [0.29, 0.717) is 18.2 Å². The molecule has 2 amide bonds. The molecule has 9 rings (SSSR count). The lowest BCUT2D eigenvalue weighted by Crippen LogP contribution is -2.61. The predicted molar refractivity (Wildman–Crippen MR) is 193 cm³/mol. The standard InChI is InChI=1S/C40H44Cl2N4O4/c1-24-34(21-46-23-44-36(41)37(46)42)49-38(50-35(24)30-10-8-25(22-47)9-11-30)33-7-3-6-32(16-33)31-5-2-4-26(15-31)20-43-39(48)45-40-17-27-12-28(18-40)14-29(13-27)19-40/h2-11,15-16,23-24,27-29,34-35,38,47H,12-14,17-22H2,1H3,(H2,43,45,48). The van der Waals surface area contributed by atoms with Gasteiger partial charge in [-0.05, 0) is 96.2 Å². The zero-order valence-electron chi connectivity index (χ0n) is 28.2. The molecule has 1 saturated heterocycles. The molecule has 2 heterocycles. The number of nitrogens with one attached hydrogen (secondary N) is 2. The Morgan fingerprint density at radius 2 is 1.58 bits per heavy atom. The van der Waals surface area contributed by atoms with Crippen LogP contribution in [0.1, 0.15) is 80.1 Å². The van der Waals surface area contributed by atoms with Crippen LogP contribution >= 0.6 is 23.2 Å². The van der Waals surface area contributed by atoms with Crippen LogP contribution in [0.3, 0.4) is 0 Å². The van der Waals surface area contributed by atoms with Gasteiger partial charge in [0.2, 0.25) is 0 Å². The van der Waals surface area contributed by atoms with Crippen molar-refractivity contribution in [3.05, 3.63) is 112 Å². The number of carbonyl (C=O) groups excluding carboxylic acids is 1. The molecule has 5 fully saturated rings. The highest BCUT2D eigenvalue weighted by Gasteiger charge is 2.51. The van der Waals surface area contributed by atoms with E-state index in [4.69, 9.17) is 32.7 Å². The molecule has 1 aromatic heterocycles. The van der Waals surface area contributed by atoms with E-state index in [-0.39, 0.29) is 41.5 Å². The van der Waals surface area contributed by atoms with Crippen LogP contribution < -0.4 is 10.6 Å². The van der Waals surface area contributed by atoms with Crippen molar-refractivity contribution in [2.24, 2.45) is 23.7 Å². The van der Waals surface area contributed by atoms with Crippen molar-refractivity contribution in [2.75, 3.05) is 0 Å². The molecular formula is C40H44Cl2N4O4. The fourth-order valence-electron chi connectivity index (χ4n) is 9.45. The topological polar surface area (TPSA) is 97.6 Å². The summed E-state index contributed by atoms with van der Waals surface area (Å²) in [7, 11) is 0. The number of hydrogen-bond acceptors (Lipinski definition) is 5. The summed E-state index contributed by atoms with van der Waals surface area (Å²) in [6, 6.07) is 24.3. The minimum atomic E-state index is -0.644. The van der Waals surface area contributed by atoms with Crippen molar-refractivity contribution >= 4 is 29.2 Å². The number of rotatable bonds is 9. The Bertz CT molecular complexity index is 1810. The lowest BCUT2D eigenvalue weighted by molar-refractivity contribution is -0.276. The van der Waals surface area contributed by atoms with Crippen molar-refractivity contribution in [3.8, 4) is 11.1 Å². The molecule has 5 aliphatic rings. The van der Waals surface area contributed by atoms with E-state index < -0.39 is 6.29 Å². The van der Waals surface area contributed by atoms with Crippen LogP contribution in [0.15, 0.2) is 79.1 Å². The summed E-state index contributed by atoms with van der Waals surface area (Å²) in [5.41, 5.74) is 5.84. The number of benzene rings is 3. The Labute approximate surface area is 303 Å². The fraction of sp³-hybridized carbons (Fsp3) is 0.450. The van der Waals surface area contributed by atoms with Gasteiger partial charge in [-0.2, -0.15) is 0 Å². The molecule has 4 atom stereocenters. The molecule has 3 aromatic carbocycles. The summed E-state index contributed by atoms with van der Waals surface area (Å²) < 4.78 is 15.2. The number of halogens is 2. The monoisotopic (exact) mass is 714 g/mol. The highest BCUT2D eigenvalue weighted by molar-refractivity contribution is 6.40. The normalized spacial score (nSPS) is 30.0. The Kier molecular flexibility index (Phi) is 9.42. The third kappa shape index (κ3) is 6.93. The minimum absolute atomic E-state index is 0.0128. The predicted octanol–water partition coefficient (Wildman–Crippen LogP) is 8.61. The highest BCUT2D eigenvalue weighted by atomic mass is 35.5. The zero-order valence-corrected chi connectivity index (χ0v) is 29.7. The second-order valence-corrected chi connectivity index (χ2v) is 15.8. The SMILES string of the molecule is CC1C(Cn2cnc(Cl)c2Cl)OC(c2cccc(-c3cccc(CNC(=O)NC45CC6CC(CC(C6)C4)C5)c3)c2)OC1c1ccc(CO)cc1. The number of hydrogen-bond donors (Lipinski definition) is 3. The van der Waals surface area contributed by atoms with Crippen molar-refractivity contribution in [1.29, 1.82) is 0 Å². The maximum absolute atomic E-state index is 13.1. The maximum atomic E-state index is 13.1. The number of aromatic nitrogens is 2. The van der Waals surface area contributed by atoms with Gasteiger partial charge in [0.05, 0.1) is 31.7 Å². The highest BCUT2D eigenvalue weighted by Crippen LogP contribution is 2.55. The summed E-state index contributed by atoms with van der Waals surface area (Å²) >= 11 is 12.6. The number of imidazole rings is 1. The van der Waals surface area contributed by atoms with Gasteiger partial charge in [-0.25, -0.2) is 9.78 Å². The van der Waals surface area contributed by atoms with Crippen LogP contribution in [0, 0.1) is 23.7 Å². The van der Waals surface area contributed by atoms with E-state index in [9.17, 15) is 9.90 Å². The van der Waals surface area contributed by atoms with Crippen LogP contribution in [0.2, 0.25) is 10.3 Å². The number of aliphatic hydroxyl groups excluding tert-OH is 1. The summed E-state index contributed by atoms with van der Waals surface area (Å²) in [6.07, 6.45) is 7.91. The third-order valence-electron chi connectivity index (χ3n) is 11.5. The molecule has 4 saturated carbocycles. The van der Waals surface area contributed by atoms with E-state index in [2.05, 4.69) is 52.9 Å². The van der Waals surface area contributed by atoms with Gasteiger partial charge in [-0.1, -0.05) is 90.8 Å². The molecular weight excluding hydrogens is 671 g/mol. The van der Waals surface area contributed by atoms with Gasteiger partial charge in [0, 0.05) is 23.6 Å². The molecule has 4 aromatic rings. The lowest BCUT2D eigenvalue weighted by atomic mass is 9.53. The van der Waals surface area contributed by atoms with E-state index in [1.807, 2.05) is 42.5 Å². The summed E-state index contributed by atoms with van der Waals surface area (Å²) in [5.74, 6) is 2.32. The number of aliphatic hydroxyl groups is 1. The van der Waals surface area contributed by atoms with Gasteiger partial charge in [0.15, 0.2) is 11.4 Å². The van der Waals surface area contributed by atoms with Gasteiger partial charge in [0.25, 0.3) is 0 Å². The Morgan fingerprint density at radius 3 is 2.24 bits per heavy atom. The molecule has 10 heteroatoms. The summed E-state index contributed by atoms with van der Waals surface area (Å²) in [4.78, 5) is 17.3. The van der Waals surface area contributed by atoms with Gasteiger partial charge in [0.1, 0.15) is 5.15 Å². The van der Waals surface area contributed by atoms with Gasteiger partial charge < -0.3 is 29.8 Å². The summed E-state index contributed by atoms with van der Waals surface area (Å²) in [6.45, 7) is 3.00. The molecule has 4 aliphatic carbocycles. The van der Waals surface area contributed by atoms with Crippen molar-refractivity contribution in [3.63, 3.8) is 0 Å². The molecule has 8 nitrogen and oxygen atoms in total. The van der Waals surface area contributed by atoms with Gasteiger partial charge in [-0.15, -0.1) is 0 Å². The van der Waals surface area contributed by atoms with Crippen LogP contribution in [0.5, 0.6) is 0 Å². The second kappa shape index (κ2) is 14.0. The van der Waals surface area contributed by atoms with E-state index >= 15 is 0 Å². The first-order chi connectivity index (χ1) is 24.2. The van der Waals surface area contributed by atoms with Crippen molar-refractivity contribution in [2.45, 2.75) is 89.2 Å². The average Bonchev–Trinajstić information content (AvgIpc) is 3.43. The molecule has 4 bridgehead atoms. The molecule has 4 unspecified atom stereocenters. The molecule has 0 spiro atoms. The minimum Gasteiger partial charge on any atom is -0.392 e. The average molecular weight is 716 g/mol. The number of amides is 2. The van der Waals surface area contributed by atoms with Crippen LogP contribution in [-0.4, -0.2) is 32.3 Å². The Balaban J connectivity index is 0.983. The van der Waals surface area contributed by atoms with Gasteiger partial charge in [-0.3, -0.25) is 0 Å². The van der Waals surface area contributed by atoms with E-state index in [0.717, 1.165) is 70.4 Å². The number of carbonyl (C=O) groups is 1. The zero-order chi connectivity index (χ0) is 34.4. The first-order valence-corrected chi connectivity index (χ1v) is 18.6. The van der Waals surface area contributed by atoms with Crippen LogP contribution in [0.25, 0.3) is 11.1 Å². The fourth-order valence-corrected chi connectivity index (χ4v) is 9.76. The molecule has 50 heavy (non-hydrogen) atoms. The third-order valence-corrected chi connectivity index (χ3v) is 12.3. The number of ether oxygens (including phenoxy) is 2. The molecule has 262 valence electrons. The van der Waals surface area contributed by atoms with Crippen molar-refractivity contribution < 1.29 is 19.4 Å². The number of urea groups is 1. The van der Waals surface area contributed by atoms with Crippen LogP contribution in [-0.2, 0) is 29.2 Å². The van der Waals surface area contributed by atoms with E-state index in [1.165, 1.54) is 19.3 Å². The summed E-state index contributed by atoms with van der Waals surface area (Å²) in [5, 5.41) is 16.8. The lowest BCUT2D eigenvalue weighted by Gasteiger charge is -2.56. The molecule has 0 radical (unpaired) electrons. The second-order valence-electron chi connectivity index (χ2n) is 15.1. The Morgan fingerprint density at radius 1 is 0.900 bits per heavy atom. The Hall–Kier alpha value is -3.40. The van der Waals surface area contributed by atoms with Crippen LogP contribution in [0.4, 0.5) is 4.79 Å². The quantitative estimate of drug-likeness (QED) is 0.161.